The van der Waals surface area contributed by atoms with Crippen LogP contribution in [0.1, 0.15) is 32.3 Å². The molecule has 0 fully saturated rings. The molecule has 0 saturated heterocycles. The van der Waals surface area contributed by atoms with Crippen LogP contribution in [-0.4, -0.2) is 33.2 Å². The van der Waals surface area contributed by atoms with Gasteiger partial charge in [0.15, 0.2) is 0 Å². The largest absolute Gasteiger partial charge is 0.491 e. The molecule has 0 spiro atoms. The number of nitrogens with zero attached hydrogens (tertiary/aromatic N) is 1. The Kier molecular flexibility index (Phi) is 7.45. The Morgan fingerprint density at radius 2 is 1.75 bits per heavy atom. The fraction of sp³-hybridized carbons (Fsp3) is 0.381. The van der Waals surface area contributed by atoms with Gasteiger partial charge in [-0.1, -0.05) is 18.2 Å². The van der Waals surface area contributed by atoms with Gasteiger partial charge in [-0.15, -0.1) is 0 Å². The van der Waals surface area contributed by atoms with Crippen LogP contribution >= 0.6 is 0 Å². The molecule has 0 bridgehead atoms. The van der Waals surface area contributed by atoms with E-state index >= 15 is 0 Å². The van der Waals surface area contributed by atoms with Crippen molar-refractivity contribution in [2.24, 2.45) is 0 Å². The molecule has 28 heavy (non-hydrogen) atoms. The molecular weight excluding hydrogens is 376 g/mol. The van der Waals surface area contributed by atoms with Gasteiger partial charge in [-0.25, -0.2) is 8.42 Å². The molecule has 2 aromatic rings. The van der Waals surface area contributed by atoms with E-state index in [1.54, 1.807) is 36.4 Å². The third-order valence-corrected chi connectivity index (χ3v) is 5.24. The highest BCUT2D eigenvalue weighted by atomic mass is 32.2. The van der Waals surface area contributed by atoms with E-state index in [1.807, 2.05) is 32.9 Å². The molecule has 0 heterocycles. The molecule has 2 rings (SSSR count). The maximum atomic E-state index is 12.2. The van der Waals surface area contributed by atoms with Crippen LogP contribution in [0.15, 0.2) is 48.5 Å². The molecule has 7 heteroatoms. The molecule has 0 aliphatic rings. The summed E-state index contributed by atoms with van der Waals surface area (Å²) < 4.78 is 31.3. The number of benzene rings is 2. The second kappa shape index (κ2) is 9.59. The van der Waals surface area contributed by atoms with Gasteiger partial charge in [-0.2, -0.15) is 0 Å². The Morgan fingerprint density at radius 3 is 2.32 bits per heavy atom. The Hall–Kier alpha value is -2.54. The van der Waals surface area contributed by atoms with Gasteiger partial charge in [0.25, 0.3) is 0 Å². The van der Waals surface area contributed by atoms with Crippen LogP contribution in [0.4, 0.5) is 11.4 Å². The second-order valence-electron chi connectivity index (χ2n) is 6.96. The zero-order valence-electron chi connectivity index (χ0n) is 16.8. The molecule has 0 aliphatic carbocycles. The number of ether oxygens (including phenoxy) is 1. The van der Waals surface area contributed by atoms with E-state index in [0.717, 1.165) is 11.3 Å². The number of carbonyl (C=O) groups excluding carboxylic acids is 1. The molecule has 152 valence electrons. The average Bonchev–Trinajstić information content (AvgIpc) is 2.60. The molecule has 0 atom stereocenters. The minimum absolute atomic E-state index is 0.0893. The minimum atomic E-state index is -3.42. The lowest BCUT2D eigenvalue weighted by Gasteiger charge is -2.24. The van der Waals surface area contributed by atoms with Crippen molar-refractivity contribution >= 4 is 27.3 Å². The first kappa shape index (κ1) is 21.8. The van der Waals surface area contributed by atoms with Gasteiger partial charge < -0.3 is 10.1 Å². The first-order valence-electron chi connectivity index (χ1n) is 9.26. The number of nitrogens with one attached hydrogen (secondary N) is 1. The molecule has 0 unspecified atom stereocenters. The van der Waals surface area contributed by atoms with E-state index in [1.165, 1.54) is 10.6 Å². The lowest BCUT2D eigenvalue weighted by molar-refractivity contribution is -0.116. The van der Waals surface area contributed by atoms with Gasteiger partial charge in [0, 0.05) is 18.7 Å². The van der Waals surface area contributed by atoms with Gasteiger partial charge in [-0.3, -0.25) is 9.10 Å². The number of sulfonamides is 1. The number of amides is 1. The predicted octanol–water partition coefficient (Wildman–Crippen LogP) is 3.97. The van der Waals surface area contributed by atoms with Gasteiger partial charge in [-0.05, 0) is 63.1 Å². The first-order chi connectivity index (χ1) is 13.2. The fourth-order valence-electron chi connectivity index (χ4n) is 2.80. The first-order valence-corrected chi connectivity index (χ1v) is 11.1. The topological polar surface area (TPSA) is 75.7 Å². The van der Waals surface area contributed by atoms with Gasteiger partial charge in [0.2, 0.25) is 15.9 Å². The Bertz CT molecular complexity index is 893. The standard InChI is InChI=1S/C21H28N2O4S/c1-16(2)27-19-13-11-18(12-14-19)22-21(24)10-7-15-23(28(4,25)26)20-9-6-5-8-17(20)3/h5-6,8-9,11-14,16H,7,10,15H2,1-4H3,(H,22,24). The molecule has 6 nitrogen and oxygen atoms in total. The number of para-hydroxylation sites is 1. The summed E-state index contributed by atoms with van der Waals surface area (Å²) in [4.78, 5) is 12.2. The maximum absolute atomic E-state index is 12.2. The summed E-state index contributed by atoms with van der Waals surface area (Å²) in [7, 11) is -3.42. The summed E-state index contributed by atoms with van der Waals surface area (Å²) in [6, 6.07) is 14.5. The van der Waals surface area contributed by atoms with Crippen molar-refractivity contribution < 1.29 is 17.9 Å². The van der Waals surface area contributed by atoms with Crippen molar-refractivity contribution in [1.29, 1.82) is 0 Å². The minimum Gasteiger partial charge on any atom is -0.491 e. The summed E-state index contributed by atoms with van der Waals surface area (Å²) >= 11 is 0. The lowest BCUT2D eigenvalue weighted by Crippen LogP contribution is -2.32. The van der Waals surface area contributed by atoms with Crippen LogP contribution in [-0.2, 0) is 14.8 Å². The summed E-state index contributed by atoms with van der Waals surface area (Å²) in [5.41, 5.74) is 2.20. The van der Waals surface area contributed by atoms with E-state index in [9.17, 15) is 13.2 Å². The van der Waals surface area contributed by atoms with Crippen LogP contribution in [0.5, 0.6) is 5.75 Å². The van der Waals surface area contributed by atoms with Crippen molar-refractivity contribution in [2.45, 2.75) is 39.7 Å². The summed E-state index contributed by atoms with van der Waals surface area (Å²) in [6.07, 6.45) is 1.91. The monoisotopic (exact) mass is 404 g/mol. The van der Waals surface area contributed by atoms with Crippen molar-refractivity contribution in [1.82, 2.24) is 0 Å². The van der Waals surface area contributed by atoms with E-state index in [0.29, 0.717) is 17.8 Å². The second-order valence-corrected chi connectivity index (χ2v) is 8.87. The molecule has 2 aromatic carbocycles. The third kappa shape index (κ3) is 6.56. The molecule has 0 saturated carbocycles. The van der Waals surface area contributed by atoms with Crippen LogP contribution in [0.25, 0.3) is 0 Å². The van der Waals surface area contributed by atoms with Crippen LogP contribution in [0.3, 0.4) is 0 Å². The van der Waals surface area contributed by atoms with E-state index in [2.05, 4.69) is 5.32 Å². The lowest BCUT2D eigenvalue weighted by atomic mass is 10.2. The van der Waals surface area contributed by atoms with Crippen molar-refractivity contribution in [3.8, 4) is 5.75 Å². The Morgan fingerprint density at radius 1 is 1.11 bits per heavy atom. The summed E-state index contributed by atoms with van der Waals surface area (Å²) in [6.45, 7) is 6.02. The highest BCUT2D eigenvalue weighted by Crippen LogP contribution is 2.22. The number of carbonyl (C=O) groups is 1. The van der Waals surface area contributed by atoms with Crippen molar-refractivity contribution in [3.63, 3.8) is 0 Å². The van der Waals surface area contributed by atoms with Gasteiger partial charge in [0.05, 0.1) is 18.0 Å². The van der Waals surface area contributed by atoms with Crippen LogP contribution in [0, 0.1) is 6.92 Å². The summed E-state index contributed by atoms with van der Waals surface area (Å²) in [5.74, 6) is 0.589. The molecule has 0 aromatic heterocycles. The quantitative estimate of drug-likeness (QED) is 0.686. The molecule has 0 aliphatic heterocycles. The smallest absolute Gasteiger partial charge is 0.232 e. The van der Waals surface area contributed by atoms with Gasteiger partial charge >= 0.3 is 0 Å². The van der Waals surface area contributed by atoms with E-state index < -0.39 is 10.0 Å². The highest BCUT2D eigenvalue weighted by Gasteiger charge is 2.19. The van der Waals surface area contributed by atoms with Crippen molar-refractivity contribution in [2.75, 3.05) is 22.4 Å². The fourth-order valence-corrected chi connectivity index (χ4v) is 3.83. The molecular formula is C21H28N2O4S. The van der Waals surface area contributed by atoms with Gasteiger partial charge in [0.1, 0.15) is 5.75 Å². The van der Waals surface area contributed by atoms with Crippen molar-refractivity contribution in [3.05, 3.63) is 54.1 Å². The maximum Gasteiger partial charge on any atom is 0.232 e. The highest BCUT2D eigenvalue weighted by molar-refractivity contribution is 7.92. The number of rotatable bonds is 9. The normalized spacial score (nSPS) is 11.3. The average molecular weight is 405 g/mol. The van der Waals surface area contributed by atoms with E-state index in [4.69, 9.17) is 4.74 Å². The number of anilines is 2. The zero-order valence-corrected chi connectivity index (χ0v) is 17.6. The van der Waals surface area contributed by atoms with Crippen LogP contribution in [0.2, 0.25) is 0 Å². The Balaban J connectivity index is 1.92. The summed E-state index contributed by atoms with van der Waals surface area (Å²) in [5, 5.41) is 2.82. The molecule has 1 amide bonds. The number of aryl methyl sites for hydroxylation is 1. The number of hydrogen-bond donors (Lipinski definition) is 1. The molecule has 0 radical (unpaired) electrons. The number of hydrogen-bond acceptors (Lipinski definition) is 4. The Labute approximate surface area is 167 Å². The van der Waals surface area contributed by atoms with Crippen LogP contribution < -0.4 is 14.4 Å². The zero-order chi connectivity index (χ0) is 20.7. The predicted molar refractivity (Wildman–Crippen MR) is 113 cm³/mol. The third-order valence-electron chi connectivity index (χ3n) is 4.06. The molecule has 1 N–H and O–H groups in total. The van der Waals surface area contributed by atoms with E-state index in [-0.39, 0.29) is 25.0 Å². The SMILES string of the molecule is Cc1ccccc1N(CCCC(=O)Nc1ccc(OC(C)C)cc1)S(C)(=O)=O.